The largest absolute Gasteiger partial charge is 0.447 e. The number of benzene rings is 8. The van der Waals surface area contributed by atoms with Gasteiger partial charge in [-0.05, 0) is 58.8 Å². The van der Waals surface area contributed by atoms with Gasteiger partial charge >= 0.3 is 5.97 Å². The lowest BCUT2D eigenvalue weighted by atomic mass is 9.95. The van der Waals surface area contributed by atoms with Crippen molar-refractivity contribution in [2.24, 2.45) is 0 Å². The van der Waals surface area contributed by atoms with Crippen molar-refractivity contribution in [3.63, 3.8) is 0 Å². The molecule has 0 N–H and O–H groups in total. The topological polar surface area (TPSA) is 54.0 Å². The zero-order valence-electron chi connectivity index (χ0n) is 36.0. The van der Waals surface area contributed by atoms with E-state index in [9.17, 15) is 43.9 Å². The van der Waals surface area contributed by atoms with E-state index in [1.807, 2.05) is 0 Å². The van der Waals surface area contributed by atoms with Crippen molar-refractivity contribution in [2.75, 3.05) is 0 Å². The lowest BCUT2D eigenvalue weighted by Gasteiger charge is -2.40. The lowest BCUT2D eigenvalue weighted by Crippen LogP contribution is -2.17. The first-order valence-electron chi connectivity index (χ1n) is 20.1. The molecule has 0 amide bonds. The van der Waals surface area contributed by atoms with Crippen molar-refractivity contribution >= 4 is 27.9 Å². The summed E-state index contributed by atoms with van der Waals surface area (Å²) in [6.07, 6.45) is 0. The number of ether oxygens (including phenoxy) is 3. The van der Waals surface area contributed by atoms with E-state index in [1.165, 1.54) is 84.9 Å². The molecule has 0 bridgehead atoms. The molecule has 0 spiro atoms. The zero-order valence-corrected chi connectivity index (χ0v) is 37.6. The van der Waals surface area contributed by atoms with Crippen LogP contribution in [0.3, 0.4) is 0 Å². The van der Waals surface area contributed by atoms with E-state index in [0.717, 1.165) is 0 Å². The normalized spacial score (nSPS) is 11.8. The van der Waals surface area contributed by atoms with Crippen molar-refractivity contribution in [3.05, 3.63) is 218 Å². The number of hydrogen-bond acceptors (Lipinski definition) is 5. The highest BCUT2D eigenvalue weighted by Gasteiger charge is 2.43. The van der Waals surface area contributed by atoms with Gasteiger partial charge in [-0.2, -0.15) is 26.3 Å². The Kier molecular flexibility index (Phi) is 14.6. The third kappa shape index (κ3) is 8.86. The summed E-state index contributed by atoms with van der Waals surface area (Å²) in [6, 6.07) is 17.5. The fourth-order valence-electron chi connectivity index (χ4n) is 7.02. The number of hydrogen-bond donors (Lipinski definition) is 0. The average Bonchev–Trinajstić information content (AvgIpc) is 3.43. The molecule has 394 valence electrons. The molecule has 0 aliphatic rings. The van der Waals surface area contributed by atoms with E-state index in [2.05, 4.69) is 0 Å². The van der Waals surface area contributed by atoms with Gasteiger partial charge in [0.25, 0.3) is 0 Å². The van der Waals surface area contributed by atoms with Crippen molar-refractivity contribution in [2.45, 2.75) is 14.7 Å². The van der Waals surface area contributed by atoms with Crippen molar-refractivity contribution in [1.82, 2.24) is 0 Å². The fraction of sp³-hybridized carbons (Fsp3) is 0. The van der Waals surface area contributed by atoms with E-state index >= 15 is 48.7 Å². The molecule has 0 saturated carbocycles. The SMILES string of the molecule is O=C(OS(c1ccccc1)(c1ccccc1)c1ccc(Cl)cc1)c1cc(Oc2c(F)c(F)c(F)c(F)c2F)c(Oc2c(F)c(F)c(F)c(F)c2F)c(Oc2c(F)c(F)c(F)c(F)c2F)c1-c1c(F)c(F)c(F)c(F)c1F. The van der Waals surface area contributed by atoms with Crippen LogP contribution in [-0.2, 0) is 4.18 Å². The van der Waals surface area contributed by atoms with Crippen LogP contribution >= 0.6 is 21.9 Å². The van der Waals surface area contributed by atoms with Crippen LogP contribution < -0.4 is 14.2 Å². The summed E-state index contributed by atoms with van der Waals surface area (Å²) in [5, 5.41) is -0.00711. The molecule has 27 heteroatoms. The number of rotatable bonds is 12. The van der Waals surface area contributed by atoms with Crippen LogP contribution in [0, 0.1) is 116 Å². The Bertz CT molecular complexity index is 3550. The van der Waals surface area contributed by atoms with E-state index in [0.29, 0.717) is 0 Å². The maximum absolute atomic E-state index is 16.5. The van der Waals surface area contributed by atoms with Gasteiger partial charge in [-0.1, -0.05) is 48.0 Å². The van der Waals surface area contributed by atoms with Crippen LogP contribution in [0.4, 0.5) is 87.8 Å². The Morgan fingerprint density at radius 2 is 0.632 bits per heavy atom. The van der Waals surface area contributed by atoms with Crippen LogP contribution in [-0.4, -0.2) is 5.97 Å². The molecule has 0 unspecified atom stereocenters. The molecule has 5 nitrogen and oxygen atoms in total. The minimum Gasteiger partial charge on any atom is -0.447 e. The molecule has 8 rings (SSSR count). The summed E-state index contributed by atoms with van der Waals surface area (Å²) in [5.41, 5.74) is -7.18. The molecule has 0 fully saturated rings. The smallest absolute Gasteiger partial charge is 0.350 e. The Balaban J connectivity index is 1.63. The lowest BCUT2D eigenvalue weighted by molar-refractivity contribution is 0.0757. The Morgan fingerprint density at radius 3 is 1.00 bits per heavy atom. The van der Waals surface area contributed by atoms with Gasteiger partial charge in [-0.3, -0.25) is 0 Å². The number of halogens is 21. The molecule has 0 aliphatic heterocycles. The predicted octanol–water partition coefficient (Wildman–Crippen LogP) is 17.2. The second-order valence-corrected chi connectivity index (χ2v) is 18.0. The molecule has 76 heavy (non-hydrogen) atoms. The third-order valence-corrected chi connectivity index (χ3v) is 14.0. The van der Waals surface area contributed by atoms with Crippen molar-refractivity contribution in [1.29, 1.82) is 0 Å². The summed E-state index contributed by atoms with van der Waals surface area (Å²) in [4.78, 5) is 15.1. The molecule has 8 aromatic carbocycles. The molecular weight excluding hydrogens is 1120 g/mol. The summed E-state index contributed by atoms with van der Waals surface area (Å²) >= 11 is 6.15. The molecule has 0 saturated heterocycles. The van der Waals surface area contributed by atoms with E-state index in [4.69, 9.17) is 30.0 Å². The van der Waals surface area contributed by atoms with Crippen LogP contribution in [0.15, 0.2) is 106 Å². The minimum atomic E-state index is -3.98. The molecule has 8 aromatic rings. The Hall–Kier alpha value is -8.13. The predicted molar refractivity (Wildman–Crippen MR) is 223 cm³/mol. The van der Waals surface area contributed by atoms with E-state index in [-0.39, 0.29) is 25.8 Å². The van der Waals surface area contributed by atoms with Crippen molar-refractivity contribution in [3.8, 4) is 45.6 Å². The fourth-order valence-corrected chi connectivity index (χ4v) is 10.2. The Morgan fingerprint density at radius 1 is 0.329 bits per heavy atom. The Labute approximate surface area is 416 Å². The third-order valence-electron chi connectivity index (χ3n) is 10.5. The first-order valence-corrected chi connectivity index (χ1v) is 22.0. The highest BCUT2D eigenvalue weighted by Crippen LogP contribution is 2.70. The van der Waals surface area contributed by atoms with Gasteiger partial charge in [0.15, 0.2) is 34.8 Å². The maximum Gasteiger partial charge on any atom is 0.350 e. The van der Waals surface area contributed by atoms with E-state index in [1.54, 1.807) is 0 Å². The van der Waals surface area contributed by atoms with Gasteiger partial charge in [-0.15, -0.1) is 0 Å². The second-order valence-electron chi connectivity index (χ2n) is 14.9. The van der Waals surface area contributed by atoms with Gasteiger partial charge in [0, 0.05) is 31.3 Å². The van der Waals surface area contributed by atoms with Gasteiger partial charge in [0.05, 0.1) is 11.1 Å². The van der Waals surface area contributed by atoms with Gasteiger partial charge < -0.3 is 18.4 Å². The van der Waals surface area contributed by atoms with Crippen LogP contribution in [0.25, 0.3) is 11.1 Å². The molecular formula is C49H15ClF20O5S. The first kappa shape index (κ1) is 54.1. The molecule has 0 radical (unpaired) electrons. The first-order chi connectivity index (χ1) is 35.9. The molecule has 0 aliphatic carbocycles. The number of carbonyl (C=O) groups is 1. The summed E-state index contributed by atoms with van der Waals surface area (Å²) in [7, 11) is -3.98. The summed E-state index contributed by atoms with van der Waals surface area (Å²) in [6.45, 7) is 0. The molecule has 0 atom stereocenters. The standard InChI is InChI=1S/C49H15ClF20O5S/c50-16-11-13-19(14-12-16)76(17-7-3-1-4-8-17,18-9-5-2-6-10-18)75-49(71)20-15-21(72-46-38(65)32(59)29(56)33(60)39(46)66)44(73-47-40(67)34(61)30(57)35(62)41(47)68)45(74-48-42(69)36(63)31(58)37(64)43(48)70)22(20)23-24(51)26(53)28(55)27(54)25(23)52/h1-15H. The van der Waals surface area contributed by atoms with E-state index < -0.39 is 184 Å². The molecule has 0 aromatic heterocycles. The zero-order chi connectivity index (χ0) is 55.6. The average molecular weight is 1130 g/mol. The van der Waals surface area contributed by atoms with Gasteiger partial charge in [0.2, 0.25) is 116 Å². The monoisotopic (exact) mass is 1130 g/mol. The van der Waals surface area contributed by atoms with Crippen molar-refractivity contribution < 1.29 is 111 Å². The second kappa shape index (κ2) is 20.5. The highest BCUT2D eigenvalue weighted by molar-refractivity contribution is 8.30. The van der Waals surface area contributed by atoms with Crippen LogP contribution in [0.2, 0.25) is 5.02 Å². The van der Waals surface area contributed by atoms with Gasteiger partial charge in [0.1, 0.15) is 0 Å². The molecule has 0 heterocycles. The van der Waals surface area contributed by atoms with Crippen LogP contribution in [0.5, 0.6) is 34.5 Å². The van der Waals surface area contributed by atoms with Gasteiger partial charge in [-0.25, -0.2) is 66.3 Å². The quantitative estimate of drug-likeness (QED) is 0.0693. The van der Waals surface area contributed by atoms with Crippen LogP contribution in [0.1, 0.15) is 10.4 Å². The minimum absolute atomic E-state index is 0.00711. The summed E-state index contributed by atoms with van der Waals surface area (Å²) < 4.78 is 325. The summed E-state index contributed by atoms with van der Waals surface area (Å²) in [5.74, 6) is -79.9. The maximum atomic E-state index is 16.5. The highest BCUT2D eigenvalue weighted by atomic mass is 35.5. The number of carbonyl (C=O) groups excluding carboxylic acids is 1.